The third-order valence-electron chi connectivity index (χ3n) is 6.76. The highest BCUT2D eigenvalue weighted by molar-refractivity contribution is 6.39. The number of fused-ring (bicyclic) bond motifs is 1. The van der Waals surface area contributed by atoms with Crippen molar-refractivity contribution in [2.75, 3.05) is 12.0 Å². The van der Waals surface area contributed by atoms with Gasteiger partial charge in [-0.05, 0) is 65.1 Å². The molecule has 0 bridgehead atoms. The Kier molecular flexibility index (Phi) is 7.46. The molecule has 0 saturated carbocycles. The predicted molar refractivity (Wildman–Crippen MR) is 155 cm³/mol. The lowest BCUT2D eigenvalue weighted by atomic mass is 10.0. The van der Waals surface area contributed by atoms with Gasteiger partial charge in [-0.1, -0.05) is 66.7 Å². The smallest absolute Gasteiger partial charge is 0.335 e. The molecule has 5 rings (SSSR count). The zero-order valence-corrected chi connectivity index (χ0v) is 22.3. The molecule has 1 heterocycles. The van der Waals surface area contributed by atoms with E-state index in [4.69, 9.17) is 9.47 Å². The maximum absolute atomic E-state index is 13.4. The minimum absolute atomic E-state index is 0.168. The molecule has 7 nitrogen and oxygen atoms in total. The molecule has 7 heteroatoms. The van der Waals surface area contributed by atoms with Gasteiger partial charge in [0.1, 0.15) is 12.2 Å². The van der Waals surface area contributed by atoms with Crippen molar-refractivity contribution in [3.63, 3.8) is 0 Å². The number of hydrogen-bond donors (Lipinski definition) is 1. The number of aryl methyl sites for hydroxylation is 1. The normalized spacial score (nSPS) is 14.4. The Morgan fingerprint density at radius 3 is 2.45 bits per heavy atom. The number of nitrogens with zero attached hydrogens (tertiary/aromatic N) is 1. The number of benzene rings is 4. The summed E-state index contributed by atoms with van der Waals surface area (Å²) >= 11 is 0. The molecule has 1 saturated heterocycles. The predicted octanol–water partition coefficient (Wildman–Crippen LogP) is 6.13. The van der Waals surface area contributed by atoms with Crippen LogP contribution in [0.15, 0.2) is 97.1 Å². The number of methoxy groups -OCH3 is 1. The molecule has 4 amide bonds. The van der Waals surface area contributed by atoms with Crippen LogP contribution in [-0.2, 0) is 22.6 Å². The van der Waals surface area contributed by atoms with Crippen LogP contribution in [0.3, 0.4) is 0 Å². The molecule has 1 N–H and O–H groups in total. The summed E-state index contributed by atoms with van der Waals surface area (Å²) in [7, 11) is 1.53. The van der Waals surface area contributed by atoms with E-state index in [1.165, 1.54) is 13.2 Å². The van der Waals surface area contributed by atoms with Crippen molar-refractivity contribution >= 4 is 40.4 Å². The summed E-state index contributed by atoms with van der Waals surface area (Å²) in [6, 6.07) is 23.9. The number of nitrogens with one attached hydrogen (secondary N) is 1. The van der Waals surface area contributed by atoms with E-state index >= 15 is 0 Å². The lowest BCUT2D eigenvalue weighted by molar-refractivity contribution is -0.122. The molecule has 0 atom stereocenters. The fraction of sp³-hybridized carbons (Fsp3) is 0.121. The molecule has 40 heavy (non-hydrogen) atoms. The van der Waals surface area contributed by atoms with E-state index in [2.05, 4.69) is 30.1 Å². The third-order valence-corrected chi connectivity index (χ3v) is 6.76. The zero-order valence-electron chi connectivity index (χ0n) is 22.3. The number of para-hydroxylation sites is 1. The topological polar surface area (TPSA) is 84.9 Å². The zero-order chi connectivity index (χ0) is 28.2. The maximum Gasteiger partial charge on any atom is 0.335 e. The Hall–Kier alpha value is -5.17. The second-order valence-corrected chi connectivity index (χ2v) is 9.38. The van der Waals surface area contributed by atoms with Crippen LogP contribution in [0.1, 0.15) is 22.3 Å². The van der Waals surface area contributed by atoms with Gasteiger partial charge in [0.2, 0.25) is 0 Å². The van der Waals surface area contributed by atoms with Gasteiger partial charge >= 0.3 is 6.03 Å². The number of anilines is 1. The molecule has 0 aliphatic carbocycles. The standard InChI is InChI=1S/C33H28N2O5/c1-4-10-24-17-22(18-27-31(36)34-33(38)35(32(27)37)28-16-8-5-11-21(28)2)19-29(39-3)30(24)40-20-25-14-9-13-23-12-6-7-15-26(23)25/h4-9,11-19H,1,10,20H2,2-3H3,(H,34,36,38)/b27-18+. The molecule has 0 unspecified atom stereocenters. The number of urea groups is 1. The van der Waals surface area contributed by atoms with Gasteiger partial charge in [0.05, 0.1) is 12.8 Å². The average molecular weight is 533 g/mol. The van der Waals surface area contributed by atoms with Crippen molar-refractivity contribution in [2.45, 2.75) is 20.0 Å². The highest BCUT2D eigenvalue weighted by Gasteiger charge is 2.37. The lowest BCUT2D eigenvalue weighted by Gasteiger charge is -2.27. The van der Waals surface area contributed by atoms with Crippen LogP contribution in [0.4, 0.5) is 10.5 Å². The number of imide groups is 2. The van der Waals surface area contributed by atoms with Crippen LogP contribution in [0.5, 0.6) is 11.5 Å². The van der Waals surface area contributed by atoms with Crippen molar-refractivity contribution in [3.05, 3.63) is 119 Å². The molecular formula is C33H28N2O5. The summed E-state index contributed by atoms with van der Waals surface area (Å²) in [6.07, 6.45) is 3.67. The minimum atomic E-state index is -0.788. The first-order valence-corrected chi connectivity index (χ1v) is 12.8. The van der Waals surface area contributed by atoms with Crippen molar-refractivity contribution in [3.8, 4) is 11.5 Å². The maximum atomic E-state index is 13.4. The molecule has 4 aromatic rings. The molecule has 1 aliphatic heterocycles. The Labute approximate surface area is 232 Å². The van der Waals surface area contributed by atoms with Crippen LogP contribution >= 0.6 is 0 Å². The molecule has 0 spiro atoms. The van der Waals surface area contributed by atoms with E-state index in [9.17, 15) is 14.4 Å². The molecule has 4 aromatic carbocycles. The first kappa shape index (κ1) is 26.4. The summed E-state index contributed by atoms with van der Waals surface area (Å²) < 4.78 is 12.0. The summed E-state index contributed by atoms with van der Waals surface area (Å²) in [5.41, 5.74) is 3.31. The number of barbiturate groups is 1. The van der Waals surface area contributed by atoms with Crippen molar-refractivity contribution in [1.82, 2.24) is 5.32 Å². The summed E-state index contributed by atoms with van der Waals surface area (Å²) in [6.45, 7) is 5.97. The lowest BCUT2D eigenvalue weighted by Crippen LogP contribution is -2.54. The van der Waals surface area contributed by atoms with E-state index in [-0.39, 0.29) is 5.57 Å². The second kappa shape index (κ2) is 11.3. The summed E-state index contributed by atoms with van der Waals surface area (Å²) in [5.74, 6) is -0.473. The second-order valence-electron chi connectivity index (χ2n) is 9.38. The number of carbonyl (C=O) groups is 3. The number of amides is 4. The number of ether oxygens (including phenoxy) is 2. The van der Waals surface area contributed by atoms with E-state index in [1.807, 2.05) is 36.4 Å². The Bertz CT molecular complexity index is 1680. The Morgan fingerprint density at radius 1 is 0.925 bits per heavy atom. The number of hydrogen-bond acceptors (Lipinski definition) is 5. The van der Waals surface area contributed by atoms with Crippen LogP contribution < -0.4 is 19.7 Å². The van der Waals surface area contributed by atoms with Gasteiger partial charge in [-0.15, -0.1) is 6.58 Å². The number of carbonyl (C=O) groups excluding carboxylic acids is 3. The van der Waals surface area contributed by atoms with E-state index in [0.29, 0.717) is 35.8 Å². The van der Waals surface area contributed by atoms with Crippen LogP contribution in [-0.4, -0.2) is 25.0 Å². The Balaban J connectivity index is 1.51. The van der Waals surface area contributed by atoms with Gasteiger partial charge in [0.25, 0.3) is 11.8 Å². The van der Waals surface area contributed by atoms with Crippen molar-refractivity contribution < 1.29 is 23.9 Å². The van der Waals surface area contributed by atoms with Crippen LogP contribution in [0, 0.1) is 6.92 Å². The summed E-state index contributed by atoms with van der Waals surface area (Å²) in [4.78, 5) is 39.8. The highest BCUT2D eigenvalue weighted by atomic mass is 16.5. The van der Waals surface area contributed by atoms with Gasteiger partial charge in [0.15, 0.2) is 11.5 Å². The molecule has 0 aromatic heterocycles. The third kappa shape index (κ3) is 5.09. The largest absolute Gasteiger partial charge is 0.493 e. The fourth-order valence-electron chi connectivity index (χ4n) is 4.81. The monoisotopic (exact) mass is 532 g/mol. The van der Waals surface area contributed by atoms with E-state index in [0.717, 1.165) is 32.4 Å². The molecule has 1 fully saturated rings. The van der Waals surface area contributed by atoms with Gasteiger partial charge in [0, 0.05) is 5.56 Å². The summed E-state index contributed by atoms with van der Waals surface area (Å²) in [5, 5.41) is 4.50. The molecule has 200 valence electrons. The van der Waals surface area contributed by atoms with Gasteiger partial charge in [-0.3, -0.25) is 14.9 Å². The van der Waals surface area contributed by atoms with Gasteiger partial charge in [-0.2, -0.15) is 0 Å². The van der Waals surface area contributed by atoms with E-state index in [1.54, 1.807) is 37.3 Å². The SMILES string of the molecule is C=CCc1cc(/C=C2\C(=O)NC(=O)N(c3ccccc3C)C2=O)cc(OC)c1OCc1cccc2ccccc12. The Morgan fingerprint density at radius 2 is 1.68 bits per heavy atom. The van der Waals surface area contributed by atoms with Crippen molar-refractivity contribution in [2.24, 2.45) is 0 Å². The molecule has 0 radical (unpaired) electrons. The quantitative estimate of drug-likeness (QED) is 0.168. The van der Waals surface area contributed by atoms with E-state index < -0.39 is 17.8 Å². The molecular weight excluding hydrogens is 504 g/mol. The van der Waals surface area contributed by atoms with Gasteiger partial charge in [-0.25, -0.2) is 9.69 Å². The first-order valence-electron chi connectivity index (χ1n) is 12.8. The van der Waals surface area contributed by atoms with Crippen LogP contribution in [0.25, 0.3) is 16.8 Å². The fourth-order valence-corrected chi connectivity index (χ4v) is 4.81. The molecule has 1 aliphatic rings. The van der Waals surface area contributed by atoms with Crippen molar-refractivity contribution in [1.29, 1.82) is 0 Å². The van der Waals surface area contributed by atoms with Crippen LogP contribution in [0.2, 0.25) is 0 Å². The van der Waals surface area contributed by atoms with Gasteiger partial charge < -0.3 is 9.47 Å². The number of allylic oxidation sites excluding steroid dienone is 1. The number of rotatable bonds is 8. The average Bonchev–Trinajstić information content (AvgIpc) is 2.95. The highest BCUT2D eigenvalue weighted by Crippen LogP contribution is 2.36. The first-order chi connectivity index (χ1) is 19.4. The minimum Gasteiger partial charge on any atom is -0.493 e.